The molecular weight excluding hydrogens is 282 g/mol. The third-order valence-electron chi connectivity index (χ3n) is 2.76. The van der Waals surface area contributed by atoms with Crippen LogP contribution in [0.4, 0.5) is 8.78 Å². The molecule has 1 N–H and O–H groups in total. The van der Waals surface area contributed by atoms with E-state index in [1.165, 1.54) is 6.07 Å². The largest absolute Gasteiger partial charge is 0.386 e. The summed E-state index contributed by atoms with van der Waals surface area (Å²) < 4.78 is 49.4. The number of aliphatic hydroxyl groups excluding tert-OH is 1. The average Bonchev–Trinajstić information content (AvgIpc) is 2.28. The summed E-state index contributed by atoms with van der Waals surface area (Å²) in [6, 6.07) is 3.20. The van der Waals surface area contributed by atoms with Crippen molar-refractivity contribution in [1.29, 1.82) is 0 Å². The predicted octanol–water partition coefficient (Wildman–Crippen LogP) is 1.23. The highest BCUT2D eigenvalue weighted by Crippen LogP contribution is 2.30. The van der Waals surface area contributed by atoms with Gasteiger partial charge in [-0.1, -0.05) is 6.07 Å². The molecule has 1 aliphatic heterocycles. The predicted molar refractivity (Wildman–Crippen MR) is 65.7 cm³/mol. The van der Waals surface area contributed by atoms with E-state index < -0.39 is 49.5 Å². The van der Waals surface area contributed by atoms with Crippen molar-refractivity contribution in [2.45, 2.75) is 17.1 Å². The Kier molecular flexibility index (Phi) is 4.24. The molecule has 0 spiro atoms. The maximum absolute atomic E-state index is 13.5. The highest BCUT2D eigenvalue weighted by atomic mass is 32.2. The highest BCUT2D eigenvalue weighted by molar-refractivity contribution is 8.03. The zero-order valence-corrected chi connectivity index (χ0v) is 11.0. The minimum atomic E-state index is -1.65. The summed E-state index contributed by atoms with van der Waals surface area (Å²) in [5.74, 6) is -1.24. The van der Waals surface area contributed by atoms with E-state index in [1.54, 1.807) is 0 Å². The van der Waals surface area contributed by atoms with Crippen molar-refractivity contribution in [3.63, 3.8) is 0 Å². The SMILES string of the molecule is O=[S@@]1CCC[S@@](=O)C1[C@@H](O)c1c(F)cccc1F. The Bertz CT molecular complexity index is 471. The molecule has 0 bridgehead atoms. The lowest BCUT2D eigenvalue weighted by Gasteiger charge is -2.26. The van der Waals surface area contributed by atoms with Crippen LogP contribution < -0.4 is 0 Å². The molecule has 1 aromatic carbocycles. The summed E-state index contributed by atoms with van der Waals surface area (Å²) >= 11 is 0. The van der Waals surface area contributed by atoms with E-state index in [9.17, 15) is 22.3 Å². The van der Waals surface area contributed by atoms with Gasteiger partial charge in [0.15, 0.2) is 0 Å². The molecule has 1 fully saturated rings. The maximum Gasteiger partial charge on any atom is 0.140 e. The molecule has 7 heteroatoms. The lowest BCUT2D eigenvalue weighted by Crippen LogP contribution is -2.36. The molecule has 100 valence electrons. The summed E-state index contributed by atoms with van der Waals surface area (Å²) in [5.41, 5.74) is -0.550. The Morgan fingerprint density at radius 3 is 2.17 bits per heavy atom. The molecule has 0 radical (unpaired) electrons. The van der Waals surface area contributed by atoms with Gasteiger partial charge in [-0.3, -0.25) is 8.42 Å². The first-order valence-electron chi connectivity index (χ1n) is 5.38. The van der Waals surface area contributed by atoms with Crippen molar-refractivity contribution >= 4 is 21.6 Å². The van der Waals surface area contributed by atoms with Crippen molar-refractivity contribution in [2.24, 2.45) is 0 Å². The summed E-state index contributed by atoms with van der Waals surface area (Å²) in [6.45, 7) is 0. The molecule has 0 aromatic heterocycles. The van der Waals surface area contributed by atoms with Crippen LogP contribution in [0.2, 0.25) is 0 Å². The summed E-state index contributed by atoms with van der Waals surface area (Å²) in [7, 11) is -3.08. The zero-order chi connectivity index (χ0) is 13.3. The molecule has 1 heterocycles. The highest BCUT2D eigenvalue weighted by Gasteiger charge is 2.37. The van der Waals surface area contributed by atoms with Crippen LogP contribution in [-0.4, -0.2) is 29.6 Å². The molecule has 3 atom stereocenters. The van der Waals surface area contributed by atoms with Crippen molar-refractivity contribution in [1.82, 2.24) is 0 Å². The standard InChI is InChI=1S/C11H12F2O3S2/c12-7-3-1-4-8(13)9(7)10(14)11-17(15)5-2-6-18(11)16/h1,3-4,10-11,14H,2,5-6H2/t10-,17+,18+/m0/s1. The number of hydrogen-bond acceptors (Lipinski definition) is 3. The minimum Gasteiger partial charge on any atom is -0.386 e. The van der Waals surface area contributed by atoms with E-state index in [0.29, 0.717) is 17.9 Å². The van der Waals surface area contributed by atoms with Gasteiger partial charge in [-0.15, -0.1) is 0 Å². The maximum atomic E-state index is 13.5. The van der Waals surface area contributed by atoms with E-state index in [1.807, 2.05) is 0 Å². The van der Waals surface area contributed by atoms with Crippen molar-refractivity contribution in [2.75, 3.05) is 11.5 Å². The first kappa shape index (κ1) is 13.8. The van der Waals surface area contributed by atoms with E-state index in [2.05, 4.69) is 0 Å². The second-order valence-electron chi connectivity index (χ2n) is 3.97. The molecule has 1 aliphatic rings. The quantitative estimate of drug-likeness (QED) is 0.892. The Hall–Kier alpha value is -0.660. The zero-order valence-electron chi connectivity index (χ0n) is 9.34. The molecule has 1 saturated heterocycles. The summed E-state index contributed by atoms with van der Waals surface area (Å²) in [5, 5.41) is 9.98. The van der Waals surface area contributed by atoms with E-state index >= 15 is 0 Å². The van der Waals surface area contributed by atoms with Crippen LogP contribution in [0.1, 0.15) is 18.1 Å². The molecule has 18 heavy (non-hydrogen) atoms. The van der Waals surface area contributed by atoms with Crippen LogP contribution in [0.5, 0.6) is 0 Å². The fourth-order valence-electron chi connectivity index (χ4n) is 1.91. The normalized spacial score (nSPS) is 27.1. The van der Waals surface area contributed by atoms with Crippen LogP contribution in [0.25, 0.3) is 0 Å². The molecule has 0 aliphatic carbocycles. The lowest BCUT2D eigenvalue weighted by molar-refractivity contribution is 0.183. The Labute approximate surface area is 108 Å². The van der Waals surface area contributed by atoms with Gasteiger partial charge in [0, 0.05) is 33.1 Å². The van der Waals surface area contributed by atoms with E-state index in [-0.39, 0.29) is 0 Å². The van der Waals surface area contributed by atoms with E-state index in [4.69, 9.17) is 0 Å². The Morgan fingerprint density at radius 2 is 1.67 bits per heavy atom. The number of benzene rings is 1. The minimum absolute atomic E-state index is 0.295. The monoisotopic (exact) mass is 294 g/mol. The Balaban J connectivity index is 2.38. The van der Waals surface area contributed by atoms with Crippen LogP contribution in [0.3, 0.4) is 0 Å². The van der Waals surface area contributed by atoms with Crippen molar-refractivity contribution < 1.29 is 22.3 Å². The number of halogens is 2. The summed E-state index contributed by atoms with van der Waals surface area (Å²) in [4.78, 5) is 0. The fraction of sp³-hybridized carbons (Fsp3) is 0.455. The van der Waals surface area contributed by atoms with Crippen LogP contribution in [-0.2, 0) is 21.6 Å². The molecule has 0 saturated carbocycles. The van der Waals surface area contributed by atoms with Crippen molar-refractivity contribution in [3.8, 4) is 0 Å². The third kappa shape index (κ3) is 2.53. The second-order valence-corrected chi connectivity index (χ2v) is 7.63. The first-order valence-corrected chi connectivity index (χ1v) is 8.15. The molecule has 3 nitrogen and oxygen atoms in total. The van der Waals surface area contributed by atoms with Crippen molar-refractivity contribution in [3.05, 3.63) is 35.4 Å². The molecular formula is C11H12F2O3S2. The topological polar surface area (TPSA) is 54.4 Å². The van der Waals surface area contributed by atoms with Gasteiger partial charge in [0.05, 0.1) is 5.56 Å². The summed E-state index contributed by atoms with van der Waals surface area (Å²) in [6.07, 6.45) is -1.12. The lowest BCUT2D eigenvalue weighted by atomic mass is 10.1. The van der Waals surface area contributed by atoms with Gasteiger partial charge >= 0.3 is 0 Å². The van der Waals surface area contributed by atoms with Crippen LogP contribution in [0.15, 0.2) is 18.2 Å². The smallest absolute Gasteiger partial charge is 0.140 e. The molecule has 1 aromatic rings. The first-order chi connectivity index (χ1) is 8.52. The van der Waals surface area contributed by atoms with Gasteiger partial charge in [-0.2, -0.15) is 0 Å². The molecule has 2 rings (SSSR count). The van der Waals surface area contributed by atoms with Gasteiger partial charge in [-0.25, -0.2) is 8.78 Å². The second kappa shape index (κ2) is 5.54. The third-order valence-corrected chi connectivity index (χ3v) is 6.98. The number of rotatable bonds is 2. The van der Waals surface area contributed by atoms with Gasteiger partial charge < -0.3 is 5.11 Å². The van der Waals surface area contributed by atoms with Crippen LogP contribution >= 0.6 is 0 Å². The average molecular weight is 294 g/mol. The van der Waals surface area contributed by atoms with Crippen LogP contribution in [0, 0.1) is 11.6 Å². The molecule has 0 unspecified atom stereocenters. The number of hydrogen-bond donors (Lipinski definition) is 1. The van der Waals surface area contributed by atoms with Gasteiger partial charge in [0.2, 0.25) is 0 Å². The fourth-order valence-corrected chi connectivity index (χ4v) is 5.80. The molecule has 0 amide bonds. The van der Waals surface area contributed by atoms with Gasteiger partial charge in [0.1, 0.15) is 22.3 Å². The number of aliphatic hydroxyl groups is 1. The van der Waals surface area contributed by atoms with E-state index in [0.717, 1.165) is 12.1 Å². The van der Waals surface area contributed by atoms with Gasteiger partial charge in [-0.05, 0) is 18.6 Å². The van der Waals surface area contributed by atoms with Gasteiger partial charge in [0.25, 0.3) is 0 Å². The Morgan fingerprint density at radius 1 is 1.17 bits per heavy atom.